The normalized spacial score (nSPS) is 19.2. The van der Waals surface area contributed by atoms with E-state index in [1.165, 1.54) is 37.7 Å². The van der Waals surface area contributed by atoms with Gasteiger partial charge in [0.25, 0.3) is 0 Å². The van der Waals surface area contributed by atoms with E-state index in [4.69, 9.17) is 5.84 Å². The fraction of sp³-hybridized carbons (Fsp3) is 0.571. The van der Waals surface area contributed by atoms with Crippen molar-refractivity contribution in [1.29, 1.82) is 0 Å². The number of halogens is 1. The van der Waals surface area contributed by atoms with E-state index in [0.29, 0.717) is 6.04 Å². The number of nitrogens with one attached hydrogen (secondary N) is 1. The van der Waals surface area contributed by atoms with Gasteiger partial charge >= 0.3 is 0 Å². The van der Waals surface area contributed by atoms with Crippen molar-refractivity contribution in [1.82, 2.24) is 5.43 Å². The molecule has 0 radical (unpaired) electrons. The van der Waals surface area contributed by atoms with Gasteiger partial charge in [-0.1, -0.05) is 60.2 Å². The van der Waals surface area contributed by atoms with Gasteiger partial charge in [-0.25, -0.2) is 0 Å². The van der Waals surface area contributed by atoms with Crippen LogP contribution in [-0.2, 0) is 0 Å². The quantitative estimate of drug-likeness (QED) is 0.653. The summed E-state index contributed by atoms with van der Waals surface area (Å²) in [6.07, 6.45) is 8.10. The third-order valence-electron chi connectivity index (χ3n) is 3.77. The standard InChI is InChI=1S/C14H21BrN2/c15-13-8-6-12(7-9-13)14(17-16)10-11-4-2-1-3-5-11/h6-9,11,14,17H,1-5,10,16H2. The highest BCUT2D eigenvalue weighted by Crippen LogP contribution is 2.31. The molecule has 2 nitrogen and oxygen atoms in total. The van der Waals surface area contributed by atoms with E-state index >= 15 is 0 Å². The zero-order valence-corrected chi connectivity index (χ0v) is 11.7. The maximum Gasteiger partial charge on any atom is 0.0462 e. The average molecular weight is 297 g/mol. The van der Waals surface area contributed by atoms with Crippen molar-refractivity contribution in [2.75, 3.05) is 0 Å². The van der Waals surface area contributed by atoms with Crippen molar-refractivity contribution in [3.63, 3.8) is 0 Å². The van der Waals surface area contributed by atoms with E-state index in [1.807, 2.05) is 0 Å². The summed E-state index contributed by atoms with van der Waals surface area (Å²) in [7, 11) is 0. The Morgan fingerprint density at radius 3 is 2.41 bits per heavy atom. The molecule has 1 aliphatic rings. The molecule has 0 aromatic heterocycles. The molecule has 17 heavy (non-hydrogen) atoms. The van der Waals surface area contributed by atoms with E-state index in [0.717, 1.165) is 16.8 Å². The highest BCUT2D eigenvalue weighted by Gasteiger charge is 2.19. The second-order valence-electron chi connectivity index (χ2n) is 5.01. The van der Waals surface area contributed by atoms with Gasteiger partial charge in [0, 0.05) is 10.5 Å². The molecule has 1 aromatic rings. The van der Waals surface area contributed by atoms with Gasteiger partial charge in [-0.2, -0.15) is 0 Å². The molecule has 1 unspecified atom stereocenters. The summed E-state index contributed by atoms with van der Waals surface area (Å²) in [5.41, 5.74) is 4.26. The monoisotopic (exact) mass is 296 g/mol. The number of hydrogen-bond acceptors (Lipinski definition) is 2. The van der Waals surface area contributed by atoms with Crippen molar-refractivity contribution in [2.24, 2.45) is 11.8 Å². The van der Waals surface area contributed by atoms with Crippen LogP contribution >= 0.6 is 15.9 Å². The number of rotatable bonds is 4. The second-order valence-corrected chi connectivity index (χ2v) is 5.93. The maximum atomic E-state index is 5.70. The van der Waals surface area contributed by atoms with Crippen molar-refractivity contribution in [2.45, 2.75) is 44.6 Å². The summed E-state index contributed by atoms with van der Waals surface area (Å²) in [5.74, 6) is 6.54. The molecule has 1 aliphatic carbocycles. The van der Waals surface area contributed by atoms with Crippen molar-refractivity contribution >= 4 is 15.9 Å². The Morgan fingerprint density at radius 1 is 1.18 bits per heavy atom. The van der Waals surface area contributed by atoms with E-state index in [-0.39, 0.29) is 0 Å². The number of nitrogens with two attached hydrogens (primary N) is 1. The van der Waals surface area contributed by atoms with Crippen LogP contribution < -0.4 is 11.3 Å². The highest BCUT2D eigenvalue weighted by molar-refractivity contribution is 9.10. The topological polar surface area (TPSA) is 38.0 Å². The van der Waals surface area contributed by atoms with Gasteiger partial charge < -0.3 is 0 Å². The summed E-state index contributed by atoms with van der Waals surface area (Å²) in [6.45, 7) is 0. The minimum absolute atomic E-state index is 0.297. The van der Waals surface area contributed by atoms with Crippen LogP contribution in [0.1, 0.15) is 50.1 Å². The molecule has 1 aromatic carbocycles. The predicted octanol–water partition coefficient (Wildman–Crippen LogP) is 3.92. The van der Waals surface area contributed by atoms with Crippen LogP contribution in [0, 0.1) is 5.92 Å². The van der Waals surface area contributed by atoms with Gasteiger partial charge in [0.15, 0.2) is 0 Å². The van der Waals surface area contributed by atoms with E-state index in [1.54, 1.807) is 0 Å². The number of benzene rings is 1. The fourth-order valence-electron chi connectivity index (χ4n) is 2.75. The Balaban J connectivity index is 1.97. The molecule has 94 valence electrons. The van der Waals surface area contributed by atoms with Crippen molar-refractivity contribution in [3.8, 4) is 0 Å². The second kappa shape index (κ2) is 6.53. The van der Waals surface area contributed by atoms with Crippen LogP contribution in [0.5, 0.6) is 0 Å². The van der Waals surface area contributed by atoms with E-state index in [2.05, 4.69) is 45.6 Å². The zero-order valence-electron chi connectivity index (χ0n) is 10.2. The molecule has 0 aliphatic heterocycles. The third kappa shape index (κ3) is 3.80. The molecule has 0 heterocycles. The summed E-state index contributed by atoms with van der Waals surface area (Å²) in [6, 6.07) is 8.77. The van der Waals surface area contributed by atoms with Crippen LogP contribution in [-0.4, -0.2) is 0 Å². The first-order valence-corrected chi connectivity index (χ1v) is 7.30. The first-order chi connectivity index (χ1) is 8.29. The summed E-state index contributed by atoms with van der Waals surface area (Å²) in [5, 5.41) is 0. The zero-order chi connectivity index (χ0) is 12.1. The Labute approximate surface area is 112 Å². The summed E-state index contributed by atoms with van der Waals surface area (Å²) >= 11 is 3.46. The van der Waals surface area contributed by atoms with Gasteiger partial charge in [-0.15, -0.1) is 0 Å². The molecule has 3 N–H and O–H groups in total. The lowest BCUT2D eigenvalue weighted by atomic mass is 9.83. The van der Waals surface area contributed by atoms with Crippen LogP contribution in [0.25, 0.3) is 0 Å². The van der Waals surface area contributed by atoms with E-state index < -0.39 is 0 Å². The van der Waals surface area contributed by atoms with Crippen molar-refractivity contribution < 1.29 is 0 Å². The van der Waals surface area contributed by atoms with Gasteiger partial charge in [0.05, 0.1) is 0 Å². The van der Waals surface area contributed by atoms with Crippen LogP contribution in [0.4, 0.5) is 0 Å². The molecule has 0 amide bonds. The maximum absolute atomic E-state index is 5.70. The smallest absolute Gasteiger partial charge is 0.0462 e. The molecule has 1 fully saturated rings. The average Bonchev–Trinajstić information content (AvgIpc) is 2.38. The fourth-order valence-corrected chi connectivity index (χ4v) is 3.02. The summed E-state index contributed by atoms with van der Waals surface area (Å²) in [4.78, 5) is 0. The predicted molar refractivity (Wildman–Crippen MR) is 75.4 cm³/mol. The van der Waals surface area contributed by atoms with Gasteiger partial charge in [0.2, 0.25) is 0 Å². The van der Waals surface area contributed by atoms with Gasteiger partial charge in [-0.05, 0) is 30.0 Å². The highest BCUT2D eigenvalue weighted by atomic mass is 79.9. The molecule has 0 bridgehead atoms. The van der Waals surface area contributed by atoms with Gasteiger partial charge in [-0.3, -0.25) is 11.3 Å². The largest absolute Gasteiger partial charge is 0.271 e. The third-order valence-corrected chi connectivity index (χ3v) is 4.30. The first-order valence-electron chi connectivity index (χ1n) is 6.51. The lowest BCUT2D eigenvalue weighted by molar-refractivity contribution is 0.301. The molecule has 0 spiro atoms. The number of hydrogen-bond donors (Lipinski definition) is 2. The SMILES string of the molecule is NNC(CC1CCCCC1)c1ccc(Br)cc1. The minimum atomic E-state index is 0.297. The lowest BCUT2D eigenvalue weighted by Gasteiger charge is -2.26. The minimum Gasteiger partial charge on any atom is -0.271 e. The number of hydrazine groups is 1. The Morgan fingerprint density at radius 2 is 1.82 bits per heavy atom. The molecule has 3 heteroatoms. The van der Waals surface area contributed by atoms with Crippen LogP contribution in [0.2, 0.25) is 0 Å². The Kier molecular flexibility index (Phi) is 5.01. The summed E-state index contributed by atoms with van der Waals surface area (Å²) < 4.78 is 1.12. The lowest BCUT2D eigenvalue weighted by Crippen LogP contribution is -2.30. The Bertz CT molecular complexity index is 331. The van der Waals surface area contributed by atoms with Crippen LogP contribution in [0.15, 0.2) is 28.7 Å². The Hall–Kier alpha value is -0.380. The first kappa shape index (κ1) is 13.1. The molecule has 2 rings (SSSR count). The van der Waals surface area contributed by atoms with Gasteiger partial charge in [0.1, 0.15) is 0 Å². The molecule has 1 saturated carbocycles. The molecular weight excluding hydrogens is 276 g/mol. The van der Waals surface area contributed by atoms with Crippen molar-refractivity contribution in [3.05, 3.63) is 34.3 Å². The van der Waals surface area contributed by atoms with E-state index in [9.17, 15) is 0 Å². The van der Waals surface area contributed by atoms with Crippen LogP contribution in [0.3, 0.4) is 0 Å². The molecular formula is C14H21BrN2. The molecule has 0 saturated heterocycles. The molecule has 1 atom stereocenters.